The lowest BCUT2D eigenvalue weighted by atomic mass is 9.82. The SMILES string of the molecule is NC1(c2noc(-c3cccc(C(F)(F)F)c3F)n2)CCCCC1. The van der Waals surface area contributed by atoms with Gasteiger partial charge in [-0.3, -0.25) is 0 Å². The van der Waals surface area contributed by atoms with Crippen molar-refractivity contribution < 1.29 is 22.1 Å². The molecule has 2 N–H and O–H groups in total. The van der Waals surface area contributed by atoms with Gasteiger partial charge in [0.2, 0.25) is 0 Å². The molecule has 1 aliphatic carbocycles. The standard InChI is InChI=1S/C15H15F4N3O/c16-11-9(5-4-6-10(11)15(17,18)19)12-21-13(22-23-12)14(20)7-2-1-3-8-14/h4-6H,1-3,7-8,20H2. The van der Waals surface area contributed by atoms with E-state index in [1.165, 1.54) is 6.07 Å². The normalized spacial score (nSPS) is 18.1. The van der Waals surface area contributed by atoms with Crippen molar-refractivity contribution in [1.29, 1.82) is 0 Å². The minimum absolute atomic E-state index is 0.212. The second-order valence-electron chi connectivity index (χ2n) is 5.80. The minimum Gasteiger partial charge on any atom is -0.334 e. The van der Waals surface area contributed by atoms with Crippen molar-refractivity contribution in [2.75, 3.05) is 0 Å². The van der Waals surface area contributed by atoms with Gasteiger partial charge in [0.25, 0.3) is 5.89 Å². The molecule has 3 rings (SSSR count). The summed E-state index contributed by atoms with van der Waals surface area (Å²) >= 11 is 0. The van der Waals surface area contributed by atoms with Gasteiger partial charge in [0.1, 0.15) is 5.82 Å². The molecule has 0 unspecified atom stereocenters. The summed E-state index contributed by atoms with van der Waals surface area (Å²) in [5.41, 5.74) is 3.74. The van der Waals surface area contributed by atoms with Crippen molar-refractivity contribution in [1.82, 2.24) is 10.1 Å². The van der Waals surface area contributed by atoms with Crippen molar-refractivity contribution in [3.63, 3.8) is 0 Å². The zero-order chi connectivity index (χ0) is 16.7. The maximum absolute atomic E-state index is 14.1. The van der Waals surface area contributed by atoms with Gasteiger partial charge >= 0.3 is 6.18 Å². The van der Waals surface area contributed by atoms with Crippen molar-refractivity contribution >= 4 is 0 Å². The lowest BCUT2D eigenvalue weighted by molar-refractivity contribution is -0.139. The molecule has 0 amide bonds. The summed E-state index contributed by atoms with van der Waals surface area (Å²) in [6.45, 7) is 0. The van der Waals surface area contributed by atoms with Crippen LogP contribution in [0.2, 0.25) is 0 Å². The molecule has 1 aliphatic rings. The number of nitrogens with two attached hydrogens (primary N) is 1. The number of nitrogens with zero attached hydrogens (tertiary/aromatic N) is 2. The van der Waals surface area contributed by atoms with Crippen LogP contribution in [0.15, 0.2) is 22.7 Å². The Balaban J connectivity index is 1.98. The first-order chi connectivity index (χ1) is 10.8. The molecule has 2 aromatic rings. The molecule has 1 aromatic heterocycles. The smallest absolute Gasteiger partial charge is 0.334 e. The molecule has 8 heteroatoms. The predicted octanol–water partition coefficient (Wildman–Crippen LogP) is 4.01. The van der Waals surface area contributed by atoms with Crippen LogP contribution in [-0.4, -0.2) is 10.1 Å². The maximum Gasteiger partial charge on any atom is 0.419 e. The van der Waals surface area contributed by atoms with E-state index < -0.39 is 23.1 Å². The summed E-state index contributed by atoms with van der Waals surface area (Å²) in [6.07, 6.45) is -0.571. The number of hydrogen-bond donors (Lipinski definition) is 1. The molecule has 23 heavy (non-hydrogen) atoms. The topological polar surface area (TPSA) is 64.9 Å². The molecule has 1 saturated carbocycles. The van der Waals surface area contributed by atoms with Crippen molar-refractivity contribution in [2.45, 2.75) is 43.8 Å². The van der Waals surface area contributed by atoms with Gasteiger partial charge in [-0.25, -0.2) is 4.39 Å². The highest BCUT2D eigenvalue weighted by atomic mass is 19.4. The fraction of sp³-hybridized carbons (Fsp3) is 0.467. The number of rotatable bonds is 2. The van der Waals surface area contributed by atoms with E-state index in [1.807, 2.05) is 0 Å². The highest BCUT2D eigenvalue weighted by molar-refractivity contribution is 5.56. The minimum atomic E-state index is -4.79. The monoisotopic (exact) mass is 329 g/mol. The molecule has 0 spiro atoms. The van der Waals surface area contributed by atoms with Gasteiger partial charge in [0, 0.05) is 0 Å². The Kier molecular flexibility index (Phi) is 3.87. The Morgan fingerprint density at radius 3 is 2.48 bits per heavy atom. The van der Waals surface area contributed by atoms with Gasteiger partial charge in [-0.2, -0.15) is 18.2 Å². The van der Waals surface area contributed by atoms with Crippen LogP contribution in [0.1, 0.15) is 43.5 Å². The molecular formula is C15H15F4N3O. The largest absolute Gasteiger partial charge is 0.419 e. The molecule has 124 valence electrons. The Labute approximate surface area is 129 Å². The van der Waals surface area contributed by atoms with Gasteiger partial charge in [-0.15, -0.1) is 0 Å². The summed E-state index contributed by atoms with van der Waals surface area (Å²) in [5, 5.41) is 3.76. The highest BCUT2D eigenvalue weighted by Crippen LogP contribution is 2.37. The molecule has 0 aliphatic heterocycles. The quantitative estimate of drug-likeness (QED) is 0.846. The molecule has 4 nitrogen and oxygen atoms in total. The van der Waals surface area contributed by atoms with Crippen LogP contribution in [0.3, 0.4) is 0 Å². The van der Waals surface area contributed by atoms with Gasteiger partial charge in [-0.1, -0.05) is 30.5 Å². The van der Waals surface area contributed by atoms with E-state index in [-0.39, 0.29) is 17.3 Å². The lowest BCUT2D eigenvalue weighted by Gasteiger charge is -2.29. The number of halogens is 4. The zero-order valence-corrected chi connectivity index (χ0v) is 12.2. The molecule has 1 aromatic carbocycles. The third-order valence-electron chi connectivity index (χ3n) is 4.15. The van der Waals surface area contributed by atoms with Crippen LogP contribution in [0, 0.1) is 5.82 Å². The van der Waals surface area contributed by atoms with Gasteiger partial charge in [-0.05, 0) is 25.0 Å². The summed E-state index contributed by atoms with van der Waals surface area (Å²) in [4.78, 5) is 4.05. The van der Waals surface area contributed by atoms with Crippen molar-refractivity contribution in [3.8, 4) is 11.5 Å². The van der Waals surface area contributed by atoms with Gasteiger partial charge in [0.05, 0.1) is 16.7 Å². The molecule has 1 heterocycles. The summed E-state index contributed by atoms with van der Waals surface area (Å²) in [6, 6.07) is 2.94. The summed E-state index contributed by atoms with van der Waals surface area (Å²) < 4.78 is 57.4. The first-order valence-electron chi connectivity index (χ1n) is 7.30. The van der Waals surface area contributed by atoms with Crippen molar-refractivity contribution in [2.24, 2.45) is 5.73 Å². The number of alkyl halides is 3. The van der Waals surface area contributed by atoms with E-state index in [9.17, 15) is 17.6 Å². The molecule has 1 fully saturated rings. The first-order valence-corrected chi connectivity index (χ1v) is 7.30. The summed E-state index contributed by atoms with van der Waals surface area (Å²) in [7, 11) is 0. The molecule has 0 atom stereocenters. The number of benzene rings is 1. The average Bonchev–Trinajstić information content (AvgIpc) is 2.97. The second kappa shape index (κ2) is 5.59. The Morgan fingerprint density at radius 2 is 1.83 bits per heavy atom. The Morgan fingerprint density at radius 1 is 1.13 bits per heavy atom. The molecule has 0 saturated heterocycles. The van der Waals surface area contributed by atoms with Crippen LogP contribution in [0.5, 0.6) is 0 Å². The van der Waals surface area contributed by atoms with E-state index in [4.69, 9.17) is 10.3 Å². The Hall–Kier alpha value is -1.96. The van der Waals surface area contributed by atoms with Crippen LogP contribution in [-0.2, 0) is 11.7 Å². The fourth-order valence-electron chi connectivity index (χ4n) is 2.86. The van der Waals surface area contributed by atoms with E-state index in [2.05, 4.69) is 10.1 Å². The van der Waals surface area contributed by atoms with E-state index in [0.717, 1.165) is 25.3 Å². The van der Waals surface area contributed by atoms with E-state index in [0.29, 0.717) is 18.9 Å². The van der Waals surface area contributed by atoms with E-state index >= 15 is 0 Å². The third kappa shape index (κ3) is 2.95. The van der Waals surface area contributed by atoms with Crippen molar-refractivity contribution in [3.05, 3.63) is 35.4 Å². The number of hydrogen-bond acceptors (Lipinski definition) is 4. The van der Waals surface area contributed by atoms with Crippen LogP contribution in [0.25, 0.3) is 11.5 Å². The third-order valence-corrected chi connectivity index (χ3v) is 4.15. The Bertz CT molecular complexity index is 705. The number of aromatic nitrogens is 2. The molecule has 0 bridgehead atoms. The predicted molar refractivity (Wildman–Crippen MR) is 73.6 cm³/mol. The lowest BCUT2D eigenvalue weighted by Crippen LogP contribution is -2.39. The van der Waals surface area contributed by atoms with Gasteiger partial charge in [0.15, 0.2) is 5.82 Å². The maximum atomic E-state index is 14.1. The molecular weight excluding hydrogens is 314 g/mol. The first kappa shape index (κ1) is 15.9. The van der Waals surface area contributed by atoms with Crippen LogP contribution >= 0.6 is 0 Å². The zero-order valence-electron chi connectivity index (χ0n) is 12.2. The molecule has 0 radical (unpaired) electrons. The fourth-order valence-corrected chi connectivity index (χ4v) is 2.86. The van der Waals surface area contributed by atoms with Crippen LogP contribution in [0.4, 0.5) is 17.6 Å². The average molecular weight is 329 g/mol. The second-order valence-corrected chi connectivity index (χ2v) is 5.80. The van der Waals surface area contributed by atoms with Crippen LogP contribution < -0.4 is 5.73 Å². The highest BCUT2D eigenvalue weighted by Gasteiger charge is 2.37. The van der Waals surface area contributed by atoms with E-state index in [1.54, 1.807) is 0 Å². The van der Waals surface area contributed by atoms with Gasteiger partial charge < -0.3 is 10.3 Å². The summed E-state index contributed by atoms with van der Waals surface area (Å²) in [5.74, 6) is -1.51.